The quantitative estimate of drug-likeness (QED) is 0.791. The van der Waals surface area contributed by atoms with Crippen molar-refractivity contribution >= 4 is 16.8 Å². The standard InChI is InChI=1S/C17H14F2N2O/c18-14-5-12(6-15(19)9-14)10-21-4-3-13-2-1-11(7-16(13)21)8-17(20)22/h1-7,9H,8,10H2,(H2,20,22). The van der Waals surface area contributed by atoms with Crippen molar-refractivity contribution in [2.45, 2.75) is 13.0 Å². The SMILES string of the molecule is NC(=O)Cc1ccc2ccn(Cc3cc(F)cc(F)c3)c2c1. The number of hydrogen-bond acceptors (Lipinski definition) is 1. The molecule has 0 aliphatic rings. The van der Waals surface area contributed by atoms with E-state index in [1.54, 1.807) is 0 Å². The van der Waals surface area contributed by atoms with Crippen LogP contribution in [0.4, 0.5) is 8.78 Å². The van der Waals surface area contributed by atoms with Gasteiger partial charge in [0.15, 0.2) is 0 Å². The fourth-order valence-corrected chi connectivity index (χ4v) is 2.58. The van der Waals surface area contributed by atoms with E-state index in [-0.39, 0.29) is 6.42 Å². The molecule has 5 heteroatoms. The largest absolute Gasteiger partial charge is 0.369 e. The Balaban J connectivity index is 1.97. The number of carbonyl (C=O) groups is 1. The van der Waals surface area contributed by atoms with Crippen LogP contribution in [0.15, 0.2) is 48.7 Å². The molecule has 0 atom stereocenters. The average molecular weight is 300 g/mol. The number of nitrogens with two attached hydrogens (primary N) is 1. The third kappa shape index (κ3) is 2.98. The predicted octanol–water partition coefficient (Wildman–Crippen LogP) is 3.00. The summed E-state index contributed by atoms with van der Waals surface area (Å²) < 4.78 is 28.4. The van der Waals surface area contributed by atoms with Gasteiger partial charge in [-0.3, -0.25) is 4.79 Å². The van der Waals surface area contributed by atoms with E-state index in [9.17, 15) is 13.6 Å². The fraction of sp³-hybridized carbons (Fsp3) is 0.118. The number of halogens is 2. The van der Waals surface area contributed by atoms with Crippen LogP contribution in [0.1, 0.15) is 11.1 Å². The van der Waals surface area contributed by atoms with Crippen molar-refractivity contribution in [1.82, 2.24) is 4.57 Å². The Bertz CT molecular complexity index is 835. The third-order valence-corrected chi connectivity index (χ3v) is 3.49. The van der Waals surface area contributed by atoms with Gasteiger partial charge in [-0.1, -0.05) is 12.1 Å². The van der Waals surface area contributed by atoms with Crippen molar-refractivity contribution in [2.24, 2.45) is 5.73 Å². The van der Waals surface area contributed by atoms with Crippen molar-refractivity contribution in [1.29, 1.82) is 0 Å². The lowest BCUT2D eigenvalue weighted by Crippen LogP contribution is -2.13. The van der Waals surface area contributed by atoms with Crippen molar-refractivity contribution in [3.05, 3.63) is 71.4 Å². The highest BCUT2D eigenvalue weighted by Gasteiger charge is 2.07. The molecule has 1 heterocycles. The summed E-state index contributed by atoms with van der Waals surface area (Å²) >= 11 is 0. The molecule has 2 aromatic carbocycles. The molecule has 1 aromatic heterocycles. The van der Waals surface area contributed by atoms with Crippen LogP contribution < -0.4 is 5.73 Å². The van der Waals surface area contributed by atoms with Crippen LogP contribution in [0.2, 0.25) is 0 Å². The van der Waals surface area contributed by atoms with Gasteiger partial charge in [0.25, 0.3) is 0 Å². The number of nitrogens with zero attached hydrogens (tertiary/aromatic N) is 1. The minimum atomic E-state index is -0.596. The minimum absolute atomic E-state index is 0.162. The first kappa shape index (κ1) is 14.3. The molecule has 0 saturated carbocycles. The van der Waals surface area contributed by atoms with Gasteiger partial charge in [0, 0.05) is 24.3 Å². The van der Waals surface area contributed by atoms with E-state index in [1.165, 1.54) is 12.1 Å². The van der Waals surface area contributed by atoms with Crippen molar-refractivity contribution in [2.75, 3.05) is 0 Å². The monoisotopic (exact) mass is 300 g/mol. The van der Waals surface area contributed by atoms with Gasteiger partial charge in [-0.2, -0.15) is 0 Å². The van der Waals surface area contributed by atoms with E-state index in [2.05, 4.69) is 0 Å². The van der Waals surface area contributed by atoms with E-state index in [0.717, 1.165) is 22.5 Å². The molecule has 22 heavy (non-hydrogen) atoms. The van der Waals surface area contributed by atoms with Gasteiger partial charge >= 0.3 is 0 Å². The molecule has 0 aliphatic heterocycles. The maximum absolute atomic E-state index is 13.3. The predicted molar refractivity (Wildman–Crippen MR) is 80.3 cm³/mol. The normalized spacial score (nSPS) is 11.0. The topological polar surface area (TPSA) is 48.0 Å². The summed E-state index contributed by atoms with van der Waals surface area (Å²) in [4.78, 5) is 11.0. The van der Waals surface area contributed by atoms with E-state index in [1.807, 2.05) is 35.0 Å². The molecule has 0 saturated heterocycles. The maximum atomic E-state index is 13.3. The van der Waals surface area contributed by atoms with Gasteiger partial charge in [0.05, 0.1) is 6.42 Å². The molecule has 112 valence electrons. The van der Waals surface area contributed by atoms with Gasteiger partial charge in [-0.15, -0.1) is 0 Å². The van der Waals surface area contributed by atoms with Gasteiger partial charge in [-0.05, 0) is 40.8 Å². The van der Waals surface area contributed by atoms with Gasteiger partial charge in [0.1, 0.15) is 11.6 Å². The molecular formula is C17H14F2N2O. The molecule has 0 unspecified atom stereocenters. The van der Waals surface area contributed by atoms with Crippen molar-refractivity contribution in [3.8, 4) is 0 Å². The minimum Gasteiger partial charge on any atom is -0.369 e. The zero-order chi connectivity index (χ0) is 15.7. The van der Waals surface area contributed by atoms with Crippen molar-refractivity contribution in [3.63, 3.8) is 0 Å². The van der Waals surface area contributed by atoms with E-state index in [4.69, 9.17) is 5.73 Å². The summed E-state index contributed by atoms with van der Waals surface area (Å²) in [6, 6.07) is 11.0. The number of benzene rings is 2. The molecule has 0 fully saturated rings. The molecule has 0 bridgehead atoms. The Kier molecular flexibility index (Phi) is 3.63. The molecule has 3 rings (SSSR count). The molecule has 3 aromatic rings. The highest BCUT2D eigenvalue weighted by atomic mass is 19.1. The smallest absolute Gasteiger partial charge is 0.221 e. The molecule has 1 amide bonds. The van der Waals surface area contributed by atoms with Gasteiger partial charge in [-0.25, -0.2) is 8.78 Å². The maximum Gasteiger partial charge on any atom is 0.221 e. The number of fused-ring (bicyclic) bond motifs is 1. The Morgan fingerprint density at radius 2 is 1.73 bits per heavy atom. The molecule has 0 spiro atoms. The molecular weight excluding hydrogens is 286 g/mol. The van der Waals surface area contributed by atoms with Crippen LogP contribution in [0.5, 0.6) is 0 Å². The van der Waals surface area contributed by atoms with E-state index < -0.39 is 17.5 Å². The van der Waals surface area contributed by atoms with Gasteiger partial charge < -0.3 is 10.3 Å². The summed E-state index contributed by atoms with van der Waals surface area (Å²) in [5, 5.41) is 0.991. The first-order chi connectivity index (χ1) is 10.5. The second-order valence-corrected chi connectivity index (χ2v) is 5.26. The number of aromatic nitrogens is 1. The fourth-order valence-electron chi connectivity index (χ4n) is 2.58. The molecule has 3 nitrogen and oxygen atoms in total. The second-order valence-electron chi connectivity index (χ2n) is 5.26. The van der Waals surface area contributed by atoms with Crippen LogP contribution in [0, 0.1) is 11.6 Å². The Hall–Kier alpha value is -2.69. The van der Waals surface area contributed by atoms with Crippen LogP contribution >= 0.6 is 0 Å². The zero-order valence-corrected chi connectivity index (χ0v) is 11.7. The van der Waals surface area contributed by atoms with Crippen molar-refractivity contribution < 1.29 is 13.6 Å². The summed E-state index contributed by atoms with van der Waals surface area (Å²) in [6.45, 7) is 0.345. The van der Waals surface area contributed by atoms with E-state index in [0.29, 0.717) is 12.1 Å². The number of amides is 1. The Morgan fingerprint density at radius 1 is 1.00 bits per heavy atom. The van der Waals surface area contributed by atoms with Crippen LogP contribution in [-0.2, 0) is 17.8 Å². The number of rotatable bonds is 4. The summed E-state index contributed by atoms with van der Waals surface area (Å²) in [5.74, 6) is -1.59. The van der Waals surface area contributed by atoms with Crippen LogP contribution in [0.3, 0.4) is 0 Å². The number of hydrogen-bond donors (Lipinski definition) is 1. The summed E-state index contributed by atoms with van der Waals surface area (Å²) in [7, 11) is 0. The third-order valence-electron chi connectivity index (χ3n) is 3.49. The lowest BCUT2D eigenvalue weighted by atomic mass is 10.1. The lowest BCUT2D eigenvalue weighted by Gasteiger charge is -2.07. The lowest BCUT2D eigenvalue weighted by molar-refractivity contribution is -0.117. The Morgan fingerprint density at radius 3 is 2.41 bits per heavy atom. The molecule has 0 radical (unpaired) electrons. The summed E-state index contributed by atoms with van der Waals surface area (Å²) in [6.07, 6.45) is 2.01. The molecule has 2 N–H and O–H groups in total. The summed E-state index contributed by atoms with van der Waals surface area (Å²) in [5.41, 5.74) is 7.45. The second kappa shape index (κ2) is 5.60. The van der Waals surface area contributed by atoms with Crippen LogP contribution in [0.25, 0.3) is 10.9 Å². The number of primary amides is 1. The highest BCUT2D eigenvalue weighted by molar-refractivity contribution is 5.83. The highest BCUT2D eigenvalue weighted by Crippen LogP contribution is 2.20. The van der Waals surface area contributed by atoms with E-state index >= 15 is 0 Å². The first-order valence-corrected chi connectivity index (χ1v) is 6.82. The first-order valence-electron chi connectivity index (χ1n) is 6.82. The van der Waals surface area contributed by atoms with Gasteiger partial charge in [0.2, 0.25) is 5.91 Å². The van der Waals surface area contributed by atoms with Crippen LogP contribution in [-0.4, -0.2) is 10.5 Å². The average Bonchev–Trinajstić information content (AvgIpc) is 2.79. The number of carbonyl (C=O) groups excluding carboxylic acids is 1. The zero-order valence-electron chi connectivity index (χ0n) is 11.7. The Labute approximate surface area is 126 Å². The molecule has 0 aliphatic carbocycles.